The molecular weight excluding hydrogens is 338 g/mol. The maximum Gasteiger partial charge on any atom is 0.338 e. The second kappa shape index (κ2) is 9.12. The molecule has 0 fully saturated rings. The Hall–Kier alpha value is -2.70. The van der Waals surface area contributed by atoms with Gasteiger partial charge in [0.2, 0.25) is 0 Å². The highest BCUT2D eigenvalue weighted by atomic mass is 16.7. The number of unbranched alkanes of at least 4 members (excludes halogenated alkanes) is 5. The lowest BCUT2D eigenvalue weighted by Gasteiger charge is -2.10. The van der Waals surface area contributed by atoms with Gasteiger partial charge < -0.3 is 9.57 Å². The Morgan fingerprint density at radius 1 is 0.962 bits per heavy atom. The number of hydroxylamine groups is 2. The van der Waals surface area contributed by atoms with Crippen LogP contribution in [0.25, 0.3) is 0 Å². The first kappa shape index (κ1) is 19.6. The summed E-state index contributed by atoms with van der Waals surface area (Å²) in [4.78, 5) is 52.0. The van der Waals surface area contributed by atoms with Crippen molar-refractivity contribution in [2.75, 3.05) is 6.61 Å². The monoisotopic (exact) mass is 361 g/mol. The van der Waals surface area contributed by atoms with Crippen molar-refractivity contribution in [1.29, 1.82) is 0 Å². The number of hydrogen-bond acceptors (Lipinski definition) is 6. The summed E-state index contributed by atoms with van der Waals surface area (Å²) in [7, 11) is 0. The van der Waals surface area contributed by atoms with E-state index in [1.165, 1.54) is 37.5 Å². The molecule has 7 heteroatoms. The molecule has 0 aliphatic carbocycles. The van der Waals surface area contributed by atoms with Crippen LogP contribution in [0.4, 0.5) is 0 Å². The summed E-state index contributed by atoms with van der Waals surface area (Å²) in [5.41, 5.74) is 0.287. The zero-order chi connectivity index (χ0) is 19.1. The van der Waals surface area contributed by atoms with Crippen LogP contribution in [0, 0.1) is 0 Å². The van der Waals surface area contributed by atoms with E-state index in [1.54, 1.807) is 0 Å². The highest BCUT2D eigenvalue weighted by molar-refractivity contribution is 6.21. The number of carbonyl (C=O) groups excluding carboxylic acids is 4. The third-order valence-electron chi connectivity index (χ3n) is 4.04. The average molecular weight is 361 g/mol. The number of hydrogen-bond donors (Lipinski definition) is 0. The third-order valence-corrected chi connectivity index (χ3v) is 4.04. The van der Waals surface area contributed by atoms with Crippen LogP contribution >= 0.6 is 0 Å². The van der Waals surface area contributed by atoms with Crippen LogP contribution in [-0.4, -0.2) is 35.4 Å². The molecule has 0 atom stereocenters. The zero-order valence-corrected chi connectivity index (χ0v) is 15.1. The maximum absolute atomic E-state index is 12.2. The summed E-state index contributed by atoms with van der Waals surface area (Å²) in [6, 6.07) is 4.08. The van der Waals surface area contributed by atoms with Crippen LogP contribution < -0.4 is 0 Å². The fourth-order valence-electron chi connectivity index (χ4n) is 2.69. The average Bonchev–Trinajstić information content (AvgIpc) is 2.85. The van der Waals surface area contributed by atoms with Gasteiger partial charge in [-0.15, -0.1) is 0 Å². The van der Waals surface area contributed by atoms with Gasteiger partial charge >= 0.3 is 11.9 Å². The van der Waals surface area contributed by atoms with Gasteiger partial charge in [0.15, 0.2) is 0 Å². The molecule has 2 rings (SSSR count). The molecule has 0 N–H and O–H groups in total. The molecule has 0 saturated heterocycles. The van der Waals surface area contributed by atoms with Crippen molar-refractivity contribution in [2.45, 2.75) is 52.4 Å². The molecule has 1 aromatic carbocycles. The number of amides is 2. The number of benzene rings is 1. The van der Waals surface area contributed by atoms with Crippen molar-refractivity contribution in [1.82, 2.24) is 5.06 Å². The Balaban J connectivity index is 1.92. The molecule has 0 spiro atoms. The van der Waals surface area contributed by atoms with E-state index in [0.717, 1.165) is 26.2 Å². The largest absolute Gasteiger partial charge is 0.462 e. The standard InChI is InChI=1S/C19H23NO6/c1-3-4-5-6-7-8-11-25-19(24)14-9-10-15-16(12-14)18(23)20(17(15)22)26-13(2)21/h9-10,12H,3-8,11H2,1-2H3. The van der Waals surface area contributed by atoms with Crippen LogP contribution in [0.2, 0.25) is 0 Å². The molecular formula is C19H23NO6. The van der Waals surface area contributed by atoms with E-state index < -0.39 is 23.8 Å². The van der Waals surface area contributed by atoms with Crippen molar-refractivity contribution < 1.29 is 28.8 Å². The predicted octanol–water partition coefficient (Wildman–Crippen LogP) is 3.28. The van der Waals surface area contributed by atoms with Crippen LogP contribution in [0.3, 0.4) is 0 Å². The normalized spacial score (nSPS) is 12.9. The molecule has 1 aliphatic rings. The molecule has 0 saturated carbocycles. The lowest BCUT2D eigenvalue weighted by molar-refractivity contribution is -0.165. The Kier molecular flexibility index (Phi) is 6.89. The van der Waals surface area contributed by atoms with Crippen LogP contribution in [0.15, 0.2) is 18.2 Å². The summed E-state index contributed by atoms with van der Waals surface area (Å²) in [5.74, 6) is -2.83. The van der Waals surface area contributed by atoms with Gasteiger partial charge in [-0.2, -0.15) is 0 Å². The van der Waals surface area contributed by atoms with Gasteiger partial charge in [-0.05, 0) is 24.6 Å². The number of fused-ring (bicyclic) bond motifs is 1. The van der Waals surface area contributed by atoms with Crippen molar-refractivity contribution >= 4 is 23.8 Å². The SMILES string of the molecule is CCCCCCCCOC(=O)c1ccc2c(c1)C(=O)N(OC(C)=O)C2=O. The van der Waals surface area contributed by atoms with E-state index in [0.29, 0.717) is 11.7 Å². The second-order valence-electron chi connectivity index (χ2n) is 6.15. The Bertz CT molecular complexity index is 712. The highest BCUT2D eigenvalue weighted by Gasteiger charge is 2.39. The summed E-state index contributed by atoms with van der Waals surface area (Å²) in [6.07, 6.45) is 6.49. The Labute approximate surface area is 152 Å². The van der Waals surface area contributed by atoms with Gasteiger partial charge in [-0.25, -0.2) is 9.59 Å². The first-order valence-corrected chi connectivity index (χ1v) is 8.84. The van der Waals surface area contributed by atoms with Gasteiger partial charge in [0, 0.05) is 6.92 Å². The molecule has 0 aromatic heterocycles. The quantitative estimate of drug-likeness (QED) is 0.381. The van der Waals surface area contributed by atoms with Gasteiger partial charge in [-0.3, -0.25) is 9.59 Å². The number of rotatable bonds is 9. The molecule has 26 heavy (non-hydrogen) atoms. The first-order valence-electron chi connectivity index (χ1n) is 8.84. The number of nitrogens with zero attached hydrogens (tertiary/aromatic N) is 1. The fraction of sp³-hybridized carbons (Fsp3) is 0.474. The van der Waals surface area contributed by atoms with E-state index in [1.807, 2.05) is 0 Å². The molecule has 2 amide bonds. The maximum atomic E-state index is 12.2. The molecule has 1 aromatic rings. The van der Waals surface area contributed by atoms with E-state index >= 15 is 0 Å². The molecule has 7 nitrogen and oxygen atoms in total. The van der Waals surface area contributed by atoms with Crippen molar-refractivity contribution in [3.05, 3.63) is 34.9 Å². The lowest BCUT2D eigenvalue weighted by atomic mass is 10.1. The van der Waals surface area contributed by atoms with Gasteiger partial charge in [0.25, 0.3) is 11.8 Å². The zero-order valence-electron chi connectivity index (χ0n) is 15.1. The molecule has 0 radical (unpaired) electrons. The van der Waals surface area contributed by atoms with Crippen LogP contribution in [0.1, 0.15) is 83.4 Å². The minimum atomic E-state index is -0.780. The Morgan fingerprint density at radius 3 is 2.31 bits per heavy atom. The molecule has 1 heterocycles. The topological polar surface area (TPSA) is 90.0 Å². The van der Waals surface area contributed by atoms with E-state index in [9.17, 15) is 19.2 Å². The highest BCUT2D eigenvalue weighted by Crippen LogP contribution is 2.24. The van der Waals surface area contributed by atoms with E-state index in [-0.39, 0.29) is 16.7 Å². The summed E-state index contributed by atoms with van der Waals surface area (Å²) < 4.78 is 5.21. The number of esters is 1. The van der Waals surface area contributed by atoms with Crippen molar-refractivity contribution in [2.24, 2.45) is 0 Å². The first-order chi connectivity index (χ1) is 12.5. The minimum absolute atomic E-state index is 0.0188. The Morgan fingerprint density at radius 2 is 1.62 bits per heavy atom. The van der Waals surface area contributed by atoms with Gasteiger partial charge in [0.1, 0.15) is 0 Å². The number of carbonyl (C=O) groups is 4. The van der Waals surface area contributed by atoms with Gasteiger partial charge in [0.05, 0.1) is 23.3 Å². The predicted molar refractivity (Wildman–Crippen MR) is 92.4 cm³/mol. The van der Waals surface area contributed by atoms with Gasteiger partial charge in [-0.1, -0.05) is 44.1 Å². The fourth-order valence-corrected chi connectivity index (χ4v) is 2.69. The second-order valence-corrected chi connectivity index (χ2v) is 6.15. The summed E-state index contributed by atoms with van der Waals surface area (Å²) >= 11 is 0. The number of ether oxygens (including phenoxy) is 1. The summed E-state index contributed by atoms with van der Waals surface area (Å²) in [6.45, 7) is 3.56. The molecule has 0 bridgehead atoms. The van der Waals surface area contributed by atoms with Crippen molar-refractivity contribution in [3.63, 3.8) is 0 Å². The van der Waals surface area contributed by atoms with E-state index in [2.05, 4.69) is 11.8 Å². The molecule has 0 unspecified atom stereocenters. The third kappa shape index (κ3) is 4.68. The van der Waals surface area contributed by atoms with Crippen LogP contribution in [-0.2, 0) is 14.4 Å². The smallest absolute Gasteiger partial charge is 0.338 e. The lowest BCUT2D eigenvalue weighted by Crippen LogP contribution is -2.31. The van der Waals surface area contributed by atoms with Crippen LogP contribution in [0.5, 0.6) is 0 Å². The molecule has 1 aliphatic heterocycles. The molecule has 140 valence electrons. The minimum Gasteiger partial charge on any atom is -0.462 e. The van der Waals surface area contributed by atoms with E-state index in [4.69, 9.17) is 4.74 Å². The van der Waals surface area contributed by atoms with Crippen molar-refractivity contribution in [3.8, 4) is 0 Å². The number of imide groups is 1. The summed E-state index contributed by atoms with van der Waals surface area (Å²) in [5, 5.41) is 0.401.